The lowest BCUT2D eigenvalue weighted by molar-refractivity contribution is 0.0677. The van der Waals surface area contributed by atoms with Crippen LogP contribution < -0.4 is 0 Å². The summed E-state index contributed by atoms with van der Waals surface area (Å²) in [5, 5.41) is 0. The van der Waals surface area contributed by atoms with Crippen molar-refractivity contribution in [2.75, 3.05) is 0 Å². The largest absolute Gasteiger partial charge is 0.369 e. The van der Waals surface area contributed by atoms with Gasteiger partial charge in [0.25, 0.3) is 0 Å². The lowest BCUT2D eigenvalue weighted by atomic mass is 10.2. The summed E-state index contributed by atoms with van der Waals surface area (Å²) in [5.74, 6) is 6.41. The molecular formula is C18H24O. The van der Waals surface area contributed by atoms with E-state index >= 15 is 0 Å². The average molecular weight is 256 g/mol. The highest BCUT2D eigenvalue weighted by atomic mass is 16.5. The lowest BCUT2D eigenvalue weighted by Crippen LogP contribution is -2.09. The van der Waals surface area contributed by atoms with Crippen LogP contribution in [0.4, 0.5) is 0 Å². The maximum Gasteiger partial charge on any atom is 0.0766 e. The molecule has 0 saturated heterocycles. The molecule has 1 nitrogen and oxygen atoms in total. The third-order valence-electron chi connectivity index (χ3n) is 2.90. The molecule has 0 N–H and O–H groups in total. The Morgan fingerprint density at radius 3 is 2.63 bits per heavy atom. The molecule has 1 rings (SSSR count). The van der Waals surface area contributed by atoms with Gasteiger partial charge in [0.2, 0.25) is 0 Å². The zero-order valence-electron chi connectivity index (χ0n) is 11.9. The molecule has 0 amide bonds. The molecule has 0 saturated carbocycles. The highest BCUT2D eigenvalue weighted by molar-refractivity contribution is 5.13. The molecule has 19 heavy (non-hydrogen) atoms. The fraction of sp³-hybridized carbons (Fsp3) is 0.444. The van der Waals surface area contributed by atoms with Crippen LogP contribution in [-0.4, -0.2) is 6.10 Å². The fourth-order valence-electron chi connectivity index (χ4n) is 1.70. The van der Waals surface area contributed by atoms with Crippen molar-refractivity contribution >= 4 is 0 Å². The van der Waals surface area contributed by atoms with Gasteiger partial charge in [-0.2, -0.15) is 0 Å². The molecule has 0 aliphatic carbocycles. The van der Waals surface area contributed by atoms with E-state index < -0.39 is 0 Å². The summed E-state index contributed by atoms with van der Waals surface area (Å²) in [6.07, 6.45) is 7.20. The molecule has 0 heterocycles. The molecule has 0 spiro atoms. The Balaban J connectivity index is 2.22. The zero-order valence-corrected chi connectivity index (χ0v) is 11.9. The second-order valence-electron chi connectivity index (χ2n) is 4.57. The maximum atomic E-state index is 5.82. The number of rotatable bonds is 8. The topological polar surface area (TPSA) is 9.23 Å². The standard InChI is InChI=1S/C18H24O/c1-3-5-6-7-8-12-15-18(4-2)19-16-17-13-10-9-11-14-17/h4,9-11,13-14,18H,2-3,5-6,12,15-16H2,1H3. The summed E-state index contributed by atoms with van der Waals surface area (Å²) >= 11 is 0. The Bertz CT molecular complexity index is 397. The van der Waals surface area contributed by atoms with Crippen LogP contribution in [0.1, 0.15) is 44.6 Å². The van der Waals surface area contributed by atoms with Gasteiger partial charge in [-0.3, -0.25) is 0 Å². The molecule has 1 unspecified atom stereocenters. The molecule has 0 aliphatic heterocycles. The van der Waals surface area contributed by atoms with Gasteiger partial charge in [-0.05, 0) is 18.4 Å². The first kappa shape index (κ1) is 15.5. The monoisotopic (exact) mass is 256 g/mol. The van der Waals surface area contributed by atoms with Crippen LogP contribution in [0.2, 0.25) is 0 Å². The predicted molar refractivity (Wildman–Crippen MR) is 81.8 cm³/mol. The van der Waals surface area contributed by atoms with Crippen molar-refractivity contribution in [2.24, 2.45) is 0 Å². The second-order valence-corrected chi connectivity index (χ2v) is 4.57. The molecule has 0 radical (unpaired) electrons. The van der Waals surface area contributed by atoms with Crippen molar-refractivity contribution in [3.8, 4) is 11.8 Å². The molecule has 1 heteroatoms. The van der Waals surface area contributed by atoms with E-state index in [9.17, 15) is 0 Å². The van der Waals surface area contributed by atoms with Crippen molar-refractivity contribution in [1.29, 1.82) is 0 Å². The van der Waals surface area contributed by atoms with E-state index in [1.54, 1.807) is 0 Å². The Labute approximate surface area is 117 Å². The Hall–Kier alpha value is -1.52. The minimum Gasteiger partial charge on any atom is -0.369 e. The Morgan fingerprint density at radius 1 is 1.21 bits per heavy atom. The van der Waals surface area contributed by atoms with Crippen molar-refractivity contribution in [2.45, 2.75) is 51.7 Å². The van der Waals surface area contributed by atoms with E-state index in [0.717, 1.165) is 19.3 Å². The van der Waals surface area contributed by atoms with E-state index in [0.29, 0.717) is 6.61 Å². The number of ether oxygens (including phenoxy) is 1. The maximum absolute atomic E-state index is 5.82. The van der Waals surface area contributed by atoms with Crippen molar-refractivity contribution in [1.82, 2.24) is 0 Å². The van der Waals surface area contributed by atoms with E-state index in [2.05, 4.69) is 37.5 Å². The van der Waals surface area contributed by atoms with Crippen LogP contribution in [0.5, 0.6) is 0 Å². The molecule has 0 aromatic heterocycles. The number of benzene rings is 1. The minimum absolute atomic E-state index is 0.0979. The van der Waals surface area contributed by atoms with Gasteiger partial charge in [0.15, 0.2) is 0 Å². The van der Waals surface area contributed by atoms with Gasteiger partial charge >= 0.3 is 0 Å². The zero-order chi connectivity index (χ0) is 13.8. The van der Waals surface area contributed by atoms with Crippen LogP contribution in [-0.2, 0) is 11.3 Å². The van der Waals surface area contributed by atoms with Crippen LogP contribution >= 0.6 is 0 Å². The van der Waals surface area contributed by atoms with Crippen molar-refractivity contribution in [3.05, 3.63) is 48.6 Å². The number of hydrogen-bond donors (Lipinski definition) is 0. The SMILES string of the molecule is C=CC(CCC#CCCCC)OCc1ccccc1. The highest BCUT2D eigenvalue weighted by Gasteiger charge is 2.03. The molecule has 0 bridgehead atoms. The third kappa shape index (κ3) is 7.49. The van der Waals surface area contributed by atoms with Crippen molar-refractivity contribution in [3.63, 3.8) is 0 Å². The Morgan fingerprint density at radius 2 is 1.95 bits per heavy atom. The third-order valence-corrected chi connectivity index (χ3v) is 2.90. The summed E-state index contributed by atoms with van der Waals surface area (Å²) in [5.41, 5.74) is 1.20. The molecule has 102 valence electrons. The fourth-order valence-corrected chi connectivity index (χ4v) is 1.70. The van der Waals surface area contributed by atoms with E-state index in [4.69, 9.17) is 4.74 Å². The van der Waals surface area contributed by atoms with Crippen LogP contribution in [0, 0.1) is 11.8 Å². The van der Waals surface area contributed by atoms with Crippen LogP contribution in [0.15, 0.2) is 43.0 Å². The van der Waals surface area contributed by atoms with Crippen LogP contribution in [0.3, 0.4) is 0 Å². The van der Waals surface area contributed by atoms with Gasteiger partial charge in [0.1, 0.15) is 0 Å². The molecular weight excluding hydrogens is 232 g/mol. The minimum atomic E-state index is 0.0979. The summed E-state index contributed by atoms with van der Waals surface area (Å²) in [7, 11) is 0. The number of unbranched alkanes of at least 4 members (excludes halogenated alkanes) is 2. The quantitative estimate of drug-likeness (QED) is 0.371. The molecule has 0 fully saturated rings. The predicted octanol–water partition coefficient (Wildman–Crippen LogP) is 4.73. The van der Waals surface area contributed by atoms with Gasteiger partial charge in [0, 0.05) is 12.8 Å². The van der Waals surface area contributed by atoms with Gasteiger partial charge < -0.3 is 4.74 Å². The first-order valence-electron chi connectivity index (χ1n) is 7.10. The average Bonchev–Trinajstić information content (AvgIpc) is 2.47. The molecule has 1 atom stereocenters. The smallest absolute Gasteiger partial charge is 0.0766 e. The summed E-state index contributed by atoms with van der Waals surface area (Å²) in [4.78, 5) is 0. The first-order chi connectivity index (χ1) is 9.36. The highest BCUT2D eigenvalue weighted by Crippen LogP contribution is 2.08. The van der Waals surface area contributed by atoms with Crippen LogP contribution in [0.25, 0.3) is 0 Å². The lowest BCUT2D eigenvalue weighted by Gasteiger charge is -2.12. The van der Waals surface area contributed by atoms with Gasteiger partial charge in [-0.15, -0.1) is 18.4 Å². The summed E-state index contributed by atoms with van der Waals surface area (Å²) in [6.45, 7) is 6.66. The normalized spacial score (nSPS) is 11.4. The molecule has 1 aromatic carbocycles. The molecule has 1 aromatic rings. The Kier molecular flexibility index (Phi) is 8.51. The van der Waals surface area contributed by atoms with Gasteiger partial charge in [-0.1, -0.05) is 49.8 Å². The first-order valence-corrected chi connectivity index (χ1v) is 7.10. The van der Waals surface area contributed by atoms with Gasteiger partial charge in [0.05, 0.1) is 12.7 Å². The summed E-state index contributed by atoms with van der Waals surface area (Å²) < 4.78 is 5.82. The van der Waals surface area contributed by atoms with E-state index in [1.807, 2.05) is 24.3 Å². The van der Waals surface area contributed by atoms with Gasteiger partial charge in [-0.25, -0.2) is 0 Å². The van der Waals surface area contributed by atoms with Crippen molar-refractivity contribution < 1.29 is 4.74 Å². The van der Waals surface area contributed by atoms with E-state index in [1.165, 1.54) is 18.4 Å². The summed E-state index contributed by atoms with van der Waals surface area (Å²) in [6, 6.07) is 10.2. The number of hydrogen-bond acceptors (Lipinski definition) is 1. The molecule has 0 aliphatic rings. The van der Waals surface area contributed by atoms with E-state index in [-0.39, 0.29) is 6.10 Å². The second kappa shape index (κ2) is 10.4.